The molecule has 0 saturated heterocycles. The molecular formula is C15H20N6O. The Hall–Kier alpha value is -2.41. The lowest BCUT2D eigenvalue weighted by atomic mass is 9.91. The first-order valence-corrected chi connectivity index (χ1v) is 7.46. The number of carbonyl (C=O) groups excluding carboxylic acids is 1. The molecule has 2 heterocycles. The minimum atomic E-state index is -0.517. The molecule has 116 valence electrons. The number of hydrogen-bond acceptors (Lipinski definition) is 5. The van der Waals surface area contributed by atoms with E-state index < -0.39 is 5.91 Å². The average Bonchev–Trinajstić information content (AvgIpc) is 3.03. The van der Waals surface area contributed by atoms with E-state index >= 15 is 0 Å². The van der Waals surface area contributed by atoms with Crippen LogP contribution in [-0.4, -0.2) is 32.5 Å². The van der Waals surface area contributed by atoms with Gasteiger partial charge in [-0.2, -0.15) is 0 Å². The van der Waals surface area contributed by atoms with E-state index in [-0.39, 0.29) is 12.1 Å². The fourth-order valence-corrected chi connectivity index (χ4v) is 2.83. The van der Waals surface area contributed by atoms with Gasteiger partial charge < -0.3 is 16.8 Å². The molecule has 0 radical (unpaired) electrons. The van der Waals surface area contributed by atoms with Crippen molar-refractivity contribution < 1.29 is 4.79 Å². The van der Waals surface area contributed by atoms with Gasteiger partial charge in [0.2, 0.25) is 0 Å². The zero-order valence-electron chi connectivity index (χ0n) is 12.3. The van der Waals surface area contributed by atoms with Crippen LogP contribution in [0.25, 0.3) is 5.82 Å². The Kier molecular flexibility index (Phi) is 4.06. The highest BCUT2D eigenvalue weighted by Gasteiger charge is 2.22. The van der Waals surface area contributed by atoms with Gasteiger partial charge in [-0.25, -0.2) is 9.97 Å². The number of aromatic nitrogens is 3. The van der Waals surface area contributed by atoms with Gasteiger partial charge >= 0.3 is 0 Å². The summed E-state index contributed by atoms with van der Waals surface area (Å²) in [4.78, 5) is 20.1. The van der Waals surface area contributed by atoms with Crippen molar-refractivity contribution in [2.45, 2.75) is 37.8 Å². The number of nitrogens with two attached hydrogens (primary N) is 2. The van der Waals surface area contributed by atoms with Crippen LogP contribution in [0.2, 0.25) is 0 Å². The number of amides is 1. The number of hydrogen-bond donors (Lipinski definition) is 3. The Labute approximate surface area is 128 Å². The SMILES string of the molecule is NC(=O)c1ccc(N[C@@H]2CCCC[C@@H]2N)nc1-n1ccnc1. The number of nitrogens with one attached hydrogen (secondary N) is 1. The Morgan fingerprint density at radius 2 is 2.14 bits per heavy atom. The van der Waals surface area contributed by atoms with Gasteiger partial charge in [-0.1, -0.05) is 12.8 Å². The molecule has 7 heteroatoms. The fraction of sp³-hybridized carbons (Fsp3) is 0.400. The molecule has 1 aliphatic carbocycles. The van der Waals surface area contributed by atoms with Crippen LogP contribution in [0.15, 0.2) is 30.9 Å². The molecule has 2 aromatic rings. The number of primary amides is 1. The second kappa shape index (κ2) is 6.15. The molecule has 1 saturated carbocycles. The van der Waals surface area contributed by atoms with E-state index in [4.69, 9.17) is 11.5 Å². The molecule has 0 spiro atoms. The van der Waals surface area contributed by atoms with Crippen molar-refractivity contribution in [1.29, 1.82) is 0 Å². The van der Waals surface area contributed by atoms with Crippen LogP contribution in [-0.2, 0) is 0 Å². The van der Waals surface area contributed by atoms with Crippen LogP contribution in [0.1, 0.15) is 36.0 Å². The van der Waals surface area contributed by atoms with Crippen molar-refractivity contribution in [3.8, 4) is 5.82 Å². The molecule has 22 heavy (non-hydrogen) atoms. The zero-order chi connectivity index (χ0) is 15.5. The summed E-state index contributed by atoms with van der Waals surface area (Å²) in [6.07, 6.45) is 9.33. The van der Waals surface area contributed by atoms with Gasteiger partial charge in [0, 0.05) is 24.5 Å². The average molecular weight is 300 g/mol. The van der Waals surface area contributed by atoms with Crippen molar-refractivity contribution in [2.24, 2.45) is 11.5 Å². The summed E-state index contributed by atoms with van der Waals surface area (Å²) >= 11 is 0. The van der Waals surface area contributed by atoms with Gasteiger partial charge in [-0.3, -0.25) is 9.36 Å². The van der Waals surface area contributed by atoms with Gasteiger partial charge in [-0.15, -0.1) is 0 Å². The number of carbonyl (C=O) groups is 1. The van der Waals surface area contributed by atoms with Gasteiger partial charge in [0.1, 0.15) is 12.1 Å². The number of rotatable bonds is 4. The smallest absolute Gasteiger partial charge is 0.252 e. The third-order valence-corrected chi connectivity index (χ3v) is 4.04. The summed E-state index contributed by atoms with van der Waals surface area (Å²) in [7, 11) is 0. The molecule has 1 aliphatic rings. The molecule has 0 bridgehead atoms. The molecule has 1 amide bonds. The minimum Gasteiger partial charge on any atom is -0.366 e. The van der Waals surface area contributed by atoms with Crippen LogP contribution in [0.4, 0.5) is 5.82 Å². The molecule has 1 fully saturated rings. The van der Waals surface area contributed by atoms with Crippen LogP contribution in [0.3, 0.4) is 0 Å². The van der Waals surface area contributed by atoms with Crippen molar-refractivity contribution >= 4 is 11.7 Å². The molecule has 3 rings (SSSR count). The molecule has 0 aliphatic heterocycles. The van der Waals surface area contributed by atoms with Crippen molar-refractivity contribution in [2.75, 3.05) is 5.32 Å². The highest BCUT2D eigenvalue weighted by Crippen LogP contribution is 2.22. The van der Waals surface area contributed by atoms with Crippen molar-refractivity contribution in [3.63, 3.8) is 0 Å². The van der Waals surface area contributed by atoms with Crippen molar-refractivity contribution in [1.82, 2.24) is 14.5 Å². The molecule has 2 aromatic heterocycles. The van der Waals surface area contributed by atoms with E-state index in [0.717, 1.165) is 12.8 Å². The largest absolute Gasteiger partial charge is 0.366 e. The van der Waals surface area contributed by atoms with Crippen molar-refractivity contribution in [3.05, 3.63) is 36.4 Å². The molecule has 5 N–H and O–H groups in total. The lowest BCUT2D eigenvalue weighted by Gasteiger charge is -2.29. The molecule has 0 aromatic carbocycles. The predicted octanol–water partition coefficient (Wildman–Crippen LogP) is 1.05. The monoisotopic (exact) mass is 300 g/mol. The summed E-state index contributed by atoms with van der Waals surface area (Å²) in [5.41, 5.74) is 11.9. The first-order chi connectivity index (χ1) is 10.6. The quantitative estimate of drug-likeness (QED) is 0.781. The summed E-state index contributed by atoms with van der Waals surface area (Å²) < 4.78 is 1.67. The van der Waals surface area contributed by atoms with Crippen LogP contribution >= 0.6 is 0 Å². The Bertz CT molecular complexity index is 654. The van der Waals surface area contributed by atoms with Gasteiger partial charge in [0.15, 0.2) is 5.82 Å². The normalized spacial score (nSPS) is 21.5. The molecular weight excluding hydrogens is 280 g/mol. The lowest BCUT2D eigenvalue weighted by molar-refractivity contribution is 0.1000. The van der Waals surface area contributed by atoms with E-state index in [2.05, 4.69) is 15.3 Å². The van der Waals surface area contributed by atoms with Gasteiger partial charge in [-0.05, 0) is 25.0 Å². The number of pyridine rings is 1. The molecule has 0 unspecified atom stereocenters. The molecule has 2 atom stereocenters. The number of anilines is 1. The topological polar surface area (TPSA) is 112 Å². The summed E-state index contributed by atoms with van der Waals surface area (Å²) in [6, 6.07) is 3.78. The lowest BCUT2D eigenvalue weighted by Crippen LogP contribution is -2.42. The van der Waals surface area contributed by atoms with E-state index in [1.54, 1.807) is 35.4 Å². The highest BCUT2D eigenvalue weighted by atomic mass is 16.1. The minimum absolute atomic E-state index is 0.128. The Morgan fingerprint density at radius 3 is 2.82 bits per heavy atom. The summed E-state index contributed by atoms with van der Waals surface area (Å²) in [5, 5.41) is 3.38. The first-order valence-electron chi connectivity index (χ1n) is 7.46. The van der Waals surface area contributed by atoms with Crippen LogP contribution in [0, 0.1) is 0 Å². The maximum Gasteiger partial charge on any atom is 0.252 e. The van der Waals surface area contributed by atoms with Gasteiger partial charge in [0.05, 0.1) is 5.56 Å². The zero-order valence-corrected chi connectivity index (χ0v) is 12.3. The highest BCUT2D eigenvalue weighted by molar-refractivity contribution is 5.96. The van der Waals surface area contributed by atoms with Crippen LogP contribution in [0.5, 0.6) is 0 Å². The maximum absolute atomic E-state index is 11.6. The number of nitrogens with zero attached hydrogens (tertiary/aromatic N) is 3. The predicted molar refractivity (Wildman–Crippen MR) is 83.7 cm³/mol. The summed E-state index contributed by atoms with van der Waals surface area (Å²) in [5.74, 6) is 0.646. The van der Waals surface area contributed by atoms with E-state index in [1.807, 2.05) is 0 Å². The third kappa shape index (κ3) is 2.94. The fourth-order valence-electron chi connectivity index (χ4n) is 2.83. The van der Waals surface area contributed by atoms with Gasteiger partial charge in [0.25, 0.3) is 5.91 Å². The first kappa shape index (κ1) is 14.5. The Balaban J connectivity index is 1.90. The standard InChI is InChI=1S/C15H20N6O/c16-11-3-1-2-4-12(11)19-13-6-5-10(14(17)22)15(20-13)21-8-7-18-9-21/h5-9,11-12H,1-4,16H2,(H2,17,22)(H,19,20)/t11-,12+/m0/s1. The summed E-state index contributed by atoms with van der Waals surface area (Å²) in [6.45, 7) is 0. The van der Waals surface area contributed by atoms with E-state index in [1.165, 1.54) is 12.8 Å². The Morgan fingerprint density at radius 1 is 1.32 bits per heavy atom. The number of imidazole rings is 1. The second-order valence-corrected chi connectivity index (χ2v) is 5.60. The third-order valence-electron chi connectivity index (χ3n) is 4.04. The van der Waals surface area contributed by atoms with Crippen LogP contribution < -0.4 is 16.8 Å². The second-order valence-electron chi connectivity index (χ2n) is 5.60. The van der Waals surface area contributed by atoms with E-state index in [0.29, 0.717) is 17.2 Å². The maximum atomic E-state index is 11.6. The van der Waals surface area contributed by atoms with E-state index in [9.17, 15) is 4.79 Å². The molecule has 7 nitrogen and oxygen atoms in total.